The molecule has 2 rings (SSSR count). The molecule has 1 aromatic carbocycles. The van der Waals surface area contributed by atoms with Crippen LogP contribution in [0.25, 0.3) is 0 Å². The van der Waals surface area contributed by atoms with Crippen molar-refractivity contribution in [3.63, 3.8) is 0 Å². The molecule has 0 radical (unpaired) electrons. The van der Waals surface area contributed by atoms with Crippen LogP contribution in [0.2, 0.25) is 0 Å². The number of nitrogens with zero attached hydrogens (tertiary/aromatic N) is 1. The van der Waals surface area contributed by atoms with Gasteiger partial charge >= 0.3 is 0 Å². The number of Topliss-reactive ketones (excluding diaryl/α,β-unsaturated/α-hetero) is 1. The minimum atomic E-state index is 0.301. The Morgan fingerprint density at radius 1 is 1.50 bits per heavy atom. The van der Waals surface area contributed by atoms with Gasteiger partial charge in [0.1, 0.15) is 11.5 Å². The lowest BCUT2D eigenvalue weighted by Gasteiger charge is -2.19. The number of carbonyl (C=O) groups excluding carboxylic acids is 1. The van der Waals surface area contributed by atoms with Crippen LogP contribution in [0.3, 0.4) is 0 Å². The number of anilines is 1. The van der Waals surface area contributed by atoms with Gasteiger partial charge in [-0.3, -0.25) is 0 Å². The van der Waals surface area contributed by atoms with Gasteiger partial charge in [-0.25, -0.2) is 0 Å². The highest BCUT2D eigenvalue weighted by molar-refractivity contribution is 5.75. The molecule has 0 spiro atoms. The Morgan fingerprint density at radius 2 is 2.33 bits per heavy atom. The van der Waals surface area contributed by atoms with Crippen LogP contribution in [0.5, 0.6) is 5.75 Å². The molecule has 0 N–H and O–H groups in total. The third kappa shape index (κ3) is 3.25. The average Bonchev–Trinajstić information content (AvgIpc) is 2.85. The van der Waals surface area contributed by atoms with Gasteiger partial charge in [-0.15, -0.1) is 0 Å². The maximum absolute atomic E-state index is 11.0. The number of ketones is 1. The van der Waals surface area contributed by atoms with Crippen molar-refractivity contribution in [2.45, 2.75) is 26.2 Å². The van der Waals surface area contributed by atoms with E-state index in [1.54, 1.807) is 14.0 Å². The Labute approximate surface area is 109 Å². The van der Waals surface area contributed by atoms with Gasteiger partial charge in [0.05, 0.1) is 7.11 Å². The highest BCUT2D eigenvalue weighted by Gasteiger charge is 2.22. The molecule has 98 valence electrons. The summed E-state index contributed by atoms with van der Waals surface area (Å²) in [5.41, 5.74) is 1.22. The molecule has 3 nitrogen and oxygen atoms in total. The number of hydrogen-bond donors (Lipinski definition) is 0. The number of rotatable bonds is 5. The monoisotopic (exact) mass is 247 g/mol. The van der Waals surface area contributed by atoms with Gasteiger partial charge in [-0.2, -0.15) is 0 Å². The van der Waals surface area contributed by atoms with Gasteiger partial charge in [-0.1, -0.05) is 6.07 Å². The SMILES string of the molecule is COc1cccc(N2CCC(CCC(C)=O)C2)c1. The molecule has 0 aromatic heterocycles. The number of ether oxygens (including phenoxy) is 1. The minimum absolute atomic E-state index is 0.301. The summed E-state index contributed by atoms with van der Waals surface area (Å²) in [5.74, 6) is 1.86. The Hall–Kier alpha value is -1.51. The van der Waals surface area contributed by atoms with Crippen molar-refractivity contribution in [2.75, 3.05) is 25.1 Å². The molecule has 1 unspecified atom stereocenters. The standard InChI is InChI=1S/C15H21NO2/c1-12(17)6-7-13-8-9-16(11-13)14-4-3-5-15(10-14)18-2/h3-5,10,13H,6-9,11H2,1-2H3. The molecule has 1 aromatic rings. The predicted octanol–water partition coefficient (Wildman–Crippen LogP) is 2.89. The van der Waals surface area contributed by atoms with E-state index in [0.717, 1.165) is 31.7 Å². The summed E-state index contributed by atoms with van der Waals surface area (Å²) in [6.45, 7) is 3.81. The van der Waals surface area contributed by atoms with Crippen LogP contribution in [0.4, 0.5) is 5.69 Å². The fourth-order valence-electron chi connectivity index (χ4n) is 2.52. The van der Waals surface area contributed by atoms with Crippen LogP contribution in [-0.2, 0) is 4.79 Å². The van der Waals surface area contributed by atoms with Crippen molar-refractivity contribution < 1.29 is 9.53 Å². The van der Waals surface area contributed by atoms with Gasteiger partial charge in [0.2, 0.25) is 0 Å². The van der Waals surface area contributed by atoms with E-state index in [-0.39, 0.29) is 0 Å². The van der Waals surface area contributed by atoms with Gasteiger partial charge < -0.3 is 14.4 Å². The van der Waals surface area contributed by atoms with Crippen molar-refractivity contribution in [1.29, 1.82) is 0 Å². The van der Waals surface area contributed by atoms with E-state index in [2.05, 4.69) is 17.0 Å². The van der Waals surface area contributed by atoms with E-state index < -0.39 is 0 Å². The smallest absolute Gasteiger partial charge is 0.129 e. The second-order valence-corrected chi connectivity index (χ2v) is 5.04. The summed E-state index contributed by atoms with van der Waals surface area (Å²) in [4.78, 5) is 13.4. The summed E-state index contributed by atoms with van der Waals surface area (Å²) in [5, 5.41) is 0. The van der Waals surface area contributed by atoms with E-state index in [1.165, 1.54) is 12.1 Å². The molecule has 0 saturated carbocycles. The normalized spacial score (nSPS) is 19.0. The van der Waals surface area contributed by atoms with Gasteiger partial charge in [0.15, 0.2) is 0 Å². The van der Waals surface area contributed by atoms with E-state index in [0.29, 0.717) is 11.7 Å². The first-order valence-electron chi connectivity index (χ1n) is 6.57. The van der Waals surface area contributed by atoms with Crippen molar-refractivity contribution in [2.24, 2.45) is 5.92 Å². The maximum Gasteiger partial charge on any atom is 0.129 e. The second kappa shape index (κ2) is 5.89. The third-order valence-corrected chi connectivity index (χ3v) is 3.61. The van der Waals surface area contributed by atoms with Crippen LogP contribution >= 0.6 is 0 Å². The van der Waals surface area contributed by atoms with Crippen LogP contribution in [-0.4, -0.2) is 26.0 Å². The van der Waals surface area contributed by atoms with Crippen LogP contribution in [0.1, 0.15) is 26.2 Å². The quantitative estimate of drug-likeness (QED) is 0.801. The van der Waals surface area contributed by atoms with Crippen LogP contribution < -0.4 is 9.64 Å². The van der Waals surface area contributed by atoms with Gasteiger partial charge in [-0.05, 0) is 37.8 Å². The van der Waals surface area contributed by atoms with E-state index >= 15 is 0 Å². The van der Waals surface area contributed by atoms with E-state index in [9.17, 15) is 4.79 Å². The molecule has 1 aliphatic rings. The summed E-state index contributed by atoms with van der Waals surface area (Å²) >= 11 is 0. The Bertz CT molecular complexity index is 417. The first-order chi connectivity index (χ1) is 8.69. The zero-order valence-corrected chi connectivity index (χ0v) is 11.2. The fraction of sp³-hybridized carbons (Fsp3) is 0.533. The zero-order chi connectivity index (χ0) is 13.0. The Balaban J connectivity index is 1.93. The summed E-state index contributed by atoms with van der Waals surface area (Å²) in [7, 11) is 1.69. The molecule has 1 fully saturated rings. The van der Waals surface area contributed by atoms with Crippen molar-refractivity contribution >= 4 is 11.5 Å². The lowest BCUT2D eigenvalue weighted by molar-refractivity contribution is -0.117. The molecule has 18 heavy (non-hydrogen) atoms. The zero-order valence-electron chi connectivity index (χ0n) is 11.2. The molecule has 0 amide bonds. The van der Waals surface area contributed by atoms with Crippen molar-refractivity contribution in [3.05, 3.63) is 24.3 Å². The summed E-state index contributed by atoms with van der Waals surface area (Å²) in [6, 6.07) is 8.19. The number of methoxy groups -OCH3 is 1. The number of benzene rings is 1. The first-order valence-corrected chi connectivity index (χ1v) is 6.57. The summed E-state index contributed by atoms with van der Waals surface area (Å²) < 4.78 is 5.25. The van der Waals surface area contributed by atoms with Crippen molar-refractivity contribution in [1.82, 2.24) is 0 Å². The molecular weight excluding hydrogens is 226 g/mol. The molecule has 1 saturated heterocycles. The summed E-state index contributed by atoms with van der Waals surface area (Å²) in [6.07, 6.45) is 2.93. The molecule has 3 heteroatoms. The van der Waals surface area contributed by atoms with E-state index in [4.69, 9.17) is 4.74 Å². The molecule has 0 bridgehead atoms. The van der Waals surface area contributed by atoms with Gasteiger partial charge in [0.25, 0.3) is 0 Å². The van der Waals surface area contributed by atoms with Crippen molar-refractivity contribution in [3.8, 4) is 5.75 Å². The average molecular weight is 247 g/mol. The Kier molecular flexibility index (Phi) is 4.24. The Morgan fingerprint density at radius 3 is 3.06 bits per heavy atom. The predicted molar refractivity (Wildman–Crippen MR) is 73.2 cm³/mol. The molecule has 0 aliphatic carbocycles. The lowest BCUT2D eigenvalue weighted by atomic mass is 10.0. The molecule has 1 atom stereocenters. The minimum Gasteiger partial charge on any atom is -0.497 e. The lowest BCUT2D eigenvalue weighted by Crippen LogP contribution is -2.19. The highest BCUT2D eigenvalue weighted by Crippen LogP contribution is 2.28. The maximum atomic E-state index is 11.0. The molecular formula is C15H21NO2. The number of hydrogen-bond acceptors (Lipinski definition) is 3. The van der Waals surface area contributed by atoms with Gasteiger partial charge in [0, 0.05) is 31.3 Å². The topological polar surface area (TPSA) is 29.5 Å². The third-order valence-electron chi connectivity index (χ3n) is 3.61. The molecule has 1 aliphatic heterocycles. The largest absolute Gasteiger partial charge is 0.497 e. The van der Waals surface area contributed by atoms with Crippen LogP contribution in [0.15, 0.2) is 24.3 Å². The van der Waals surface area contributed by atoms with Crippen LogP contribution in [0, 0.1) is 5.92 Å². The fourth-order valence-corrected chi connectivity index (χ4v) is 2.52. The number of carbonyl (C=O) groups is 1. The first kappa shape index (κ1) is 12.9. The molecule has 1 heterocycles. The highest BCUT2D eigenvalue weighted by atomic mass is 16.5. The van der Waals surface area contributed by atoms with E-state index in [1.807, 2.05) is 12.1 Å². The second-order valence-electron chi connectivity index (χ2n) is 5.04.